The molecule has 1 N–H and O–H groups in total. The summed E-state index contributed by atoms with van der Waals surface area (Å²) in [4.78, 5) is 27.3. The molecule has 8 heteroatoms. The number of nitrogens with one attached hydrogen (secondary N) is 1. The van der Waals surface area contributed by atoms with Crippen molar-refractivity contribution in [1.82, 2.24) is 9.62 Å². The standard InChI is InChI=1S/C23H34N2O5S/c1-5-29-21(26)20(24-31(28)23(2,3)4)17-13-18-11-12-19(14-17)25(18)22(27)30-15-16-9-7-6-8-10-16/h6-10,17-20,24H,5,11-15H2,1-4H3/t17?,18?,19?,20-,31+/m0/s1. The van der Waals surface area contributed by atoms with Gasteiger partial charge in [0.2, 0.25) is 0 Å². The number of piperidine rings is 1. The van der Waals surface area contributed by atoms with Crippen LogP contribution >= 0.6 is 0 Å². The number of rotatable bonds is 7. The molecule has 31 heavy (non-hydrogen) atoms. The molecule has 2 heterocycles. The summed E-state index contributed by atoms with van der Waals surface area (Å²) < 4.78 is 26.1. The predicted octanol–water partition coefficient (Wildman–Crippen LogP) is 3.55. The smallest absolute Gasteiger partial charge is 0.410 e. The van der Waals surface area contributed by atoms with E-state index in [1.54, 1.807) is 6.92 Å². The van der Waals surface area contributed by atoms with Gasteiger partial charge in [-0.05, 0) is 64.9 Å². The Morgan fingerprint density at radius 2 is 1.74 bits per heavy atom. The number of amides is 1. The Labute approximate surface area is 187 Å². The molecule has 1 aromatic rings. The monoisotopic (exact) mass is 450 g/mol. The summed E-state index contributed by atoms with van der Waals surface area (Å²) in [6.45, 7) is 7.89. The van der Waals surface area contributed by atoms with Gasteiger partial charge in [0.05, 0.1) is 22.3 Å². The second-order valence-corrected chi connectivity index (χ2v) is 11.3. The van der Waals surface area contributed by atoms with E-state index in [2.05, 4.69) is 4.72 Å². The van der Waals surface area contributed by atoms with E-state index in [-0.39, 0.29) is 43.3 Å². The zero-order valence-electron chi connectivity index (χ0n) is 18.8. The number of carbonyl (C=O) groups excluding carboxylic acids is 2. The van der Waals surface area contributed by atoms with Crippen molar-refractivity contribution in [3.05, 3.63) is 35.9 Å². The van der Waals surface area contributed by atoms with Crippen LogP contribution in [0.25, 0.3) is 0 Å². The molecule has 0 radical (unpaired) electrons. The molecule has 7 nitrogen and oxygen atoms in total. The van der Waals surface area contributed by atoms with E-state index in [4.69, 9.17) is 9.47 Å². The zero-order chi connectivity index (χ0) is 22.6. The Kier molecular flexibility index (Phi) is 7.75. The number of nitrogens with zero attached hydrogens (tertiary/aromatic N) is 1. The summed E-state index contributed by atoms with van der Waals surface area (Å²) in [5, 5.41) is 0. The van der Waals surface area contributed by atoms with Crippen LogP contribution in [0.4, 0.5) is 4.79 Å². The second kappa shape index (κ2) is 10.1. The third-order valence-electron chi connectivity index (χ3n) is 5.99. The fraction of sp³-hybridized carbons (Fsp3) is 0.652. The van der Waals surface area contributed by atoms with Crippen molar-refractivity contribution in [3.63, 3.8) is 0 Å². The molecule has 4 atom stereocenters. The first-order valence-corrected chi connectivity index (χ1v) is 12.2. The van der Waals surface area contributed by atoms with Gasteiger partial charge < -0.3 is 14.4 Å². The van der Waals surface area contributed by atoms with Gasteiger partial charge in [0.1, 0.15) is 12.6 Å². The first-order chi connectivity index (χ1) is 14.7. The van der Waals surface area contributed by atoms with Gasteiger partial charge in [0, 0.05) is 12.1 Å². The zero-order valence-corrected chi connectivity index (χ0v) is 19.7. The van der Waals surface area contributed by atoms with E-state index in [9.17, 15) is 13.8 Å². The van der Waals surface area contributed by atoms with Crippen LogP contribution in [-0.2, 0) is 31.9 Å². The molecule has 172 valence electrons. The summed E-state index contributed by atoms with van der Waals surface area (Å²) in [6, 6.07) is 9.02. The van der Waals surface area contributed by atoms with Crippen molar-refractivity contribution in [2.24, 2.45) is 5.92 Å². The van der Waals surface area contributed by atoms with Crippen LogP contribution < -0.4 is 4.72 Å². The lowest BCUT2D eigenvalue weighted by molar-refractivity contribution is -0.147. The van der Waals surface area contributed by atoms with Crippen LogP contribution in [0.5, 0.6) is 0 Å². The van der Waals surface area contributed by atoms with Crippen LogP contribution in [0.2, 0.25) is 0 Å². The van der Waals surface area contributed by atoms with Crippen molar-refractivity contribution in [2.75, 3.05) is 6.61 Å². The van der Waals surface area contributed by atoms with E-state index in [1.807, 2.05) is 56.0 Å². The minimum Gasteiger partial charge on any atom is -0.465 e. The molecule has 0 aromatic heterocycles. The maximum Gasteiger partial charge on any atom is 0.410 e. The summed E-state index contributed by atoms with van der Waals surface area (Å²) in [5.41, 5.74) is 0.953. The summed E-state index contributed by atoms with van der Waals surface area (Å²) in [6.07, 6.45) is 2.80. The Morgan fingerprint density at radius 1 is 1.13 bits per heavy atom. The van der Waals surface area contributed by atoms with Gasteiger partial charge in [-0.2, -0.15) is 0 Å². The Morgan fingerprint density at radius 3 is 2.29 bits per heavy atom. The van der Waals surface area contributed by atoms with Crippen LogP contribution in [0.3, 0.4) is 0 Å². The maximum absolute atomic E-state index is 12.8. The second-order valence-electron chi connectivity index (χ2n) is 9.29. The van der Waals surface area contributed by atoms with E-state index in [1.165, 1.54) is 0 Å². The van der Waals surface area contributed by atoms with Gasteiger partial charge in [-0.15, -0.1) is 0 Å². The van der Waals surface area contributed by atoms with Crippen LogP contribution in [0.1, 0.15) is 58.9 Å². The summed E-state index contributed by atoms with van der Waals surface area (Å²) in [5.74, 6) is -0.411. The van der Waals surface area contributed by atoms with Gasteiger partial charge in [-0.1, -0.05) is 30.3 Å². The molecule has 1 amide bonds. The number of hydrogen-bond acceptors (Lipinski definition) is 5. The van der Waals surface area contributed by atoms with E-state index in [0.717, 1.165) is 18.4 Å². The average Bonchev–Trinajstić information content (AvgIpc) is 3.00. The third-order valence-corrected chi connectivity index (χ3v) is 7.57. The van der Waals surface area contributed by atoms with E-state index in [0.29, 0.717) is 12.8 Å². The lowest BCUT2D eigenvalue weighted by Gasteiger charge is -2.40. The molecule has 0 saturated carbocycles. The van der Waals surface area contributed by atoms with Crippen molar-refractivity contribution < 1.29 is 23.3 Å². The first-order valence-electron chi connectivity index (χ1n) is 11.0. The maximum atomic E-state index is 12.8. The molecule has 2 saturated heterocycles. The molecule has 2 fully saturated rings. The molecule has 3 rings (SSSR count). The quantitative estimate of drug-likeness (QED) is 0.642. The number of benzene rings is 1. The highest BCUT2D eigenvalue weighted by atomic mass is 32.2. The first kappa shape index (κ1) is 23.7. The third kappa shape index (κ3) is 5.86. The molecule has 2 bridgehead atoms. The fourth-order valence-corrected chi connectivity index (χ4v) is 5.32. The molecular formula is C23H34N2O5S. The summed E-state index contributed by atoms with van der Waals surface area (Å²) in [7, 11) is -1.39. The van der Waals surface area contributed by atoms with E-state index >= 15 is 0 Å². The van der Waals surface area contributed by atoms with Gasteiger partial charge in [0.15, 0.2) is 0 Å². The SMILES string of the molecule is CCOC(=O)[C@@H](N[S@](=O)C(C)(C)C)C1CC2CCC(C1)N2C(=O)OCc1ccccc1. The van der Waals surface area contributed by atoms with Crippen LogP contribution in [0, 0.1) is 5.92 Å². The van der Waals surface area contributed by atoms with Crippen molar-refractivity contribution in [2.45, 2.75) is 82.9 Å². The summed E-state index contributed by atoms with van der Waals surface area (Å²) >= 11 is 0. The molecule has 0 aliphatic carbocycles. The highest BCUT2D eigenvalue weighted by Crippen LogP contribution is 2.40. The normalized spacial score (nSPS) is 25.0. The fourth-order valence-electron chi connectivity index (χ4n) is 4.44. The lowest BCUT2D eigenvalue weighted by Crippen LogP contribution is -2.54. The minimum absolute atomic E-state index is 0.0221. The molecular weight excluding hydrogens is 416 g/mol. The van der Waals surface area contributed by atoms with Gasteiger partial charge in [0.25, 0.3) is 0 Å². The van der Waals surface area contributed by atoms with Gasteiger partial charge in [-0.25, -0.2) is 13.7 Å². The van der Waals surface area contributed by atoms with Crippen molar-refractivity contribution >= 4 is 23.0 Å². The van der Waals surface area contributed by atoms with Crippen molar-refractivity contribution in [3.8, 4) is 0 Å². The van der Waals surface area contributed by atoms with Gasteiger partial charge in [-0.3, -0.25) is 4.79 Å². The topological polar surface area (TPSA) is 84.9 Å². The minimum atomic E-state index is -1.39. The largest absolute Gasteiger partial charge is 0.465 e. The van der Waals surface area contributed by atoms with Crippen LogP contribution in [0.15, 0.2) is 30.3 Å². The molecule has 1 aromatic carbocycles. The number of hydrogen-bond donors (Lipinski definition) is 1. The Balaban J connectivity index is 1.66. The molecule has 2 aliphatic heterocycles. The number of fused-ring (bicyclic) bond motifs is 2. The molecule has 0 spiro atoms. The van der Waals surface area contributed by atoms with Crippen molar-refractivity contribution in [1.29, 1.82) is 0 Å². The lowest BCUT2D eigenvalue weighted by atomic mass is 9.85. The van der Waals surface area contributed by atoms with Gasteiger partial charge >= 0.3 is 12.1 Å². The van der Waals surface area contributed by atoms with Crippen LogP contribution in [-0.4, -0.2) is 50.7 Å². The Hall–Kier alpha value is -1.93. The number of carbonyl (C=O) groups is 2. The van der Waals surface area contributed by atoms with E-state index < -0.39 is 21.8 Å². The highest BCUT2D eigenvalue weighted by molar-refractivity contribution is 7.84. The molecule has 2 aliphatic rings. The number of ether oxygens (including phenoxy) is 2. The predicted molar refractivity (Wildman–Crippen MR) is 119 cm³/mol. The molecule has 2 unspecified atom stereocenters. The Bertz CT molecular complexity index is 781. The highest BCUT2D eigenvalue weighted by Gasteiger charge is 2.48. The average molecular weight is 451 g/mol. The number of esters is 1.